The lowest BCUT2D eigenvalue weighted by Gasteiger charge is -2.10. The van der Waals surface area contributed by atoms with E-state index in [1.807, 2.05) is 56.3 Å². The molecule has 0 atom stereocenters. The molecule has 3 aromatic heterocycles. The van der Waals surface area contributed by atoms with Crippen LogP contribution in [0.15, 0.2) is 53.3 Å². The second kappa shape index (κ2) is 6.73. The highest BCUT2D eigenvalue weighted by molar-refractivity contribution is 7.15. The fourth-order valence-electron chi connectivity index (χ4n) is 3.75. The Balaban J connectivity index is 1.71. The van der Waals surface area contributed by atoms with Gasteiger partial charge in [-0.05, 0) is 61.9 Å². The highest BCUT2D eigenvalue weighted by atomic mass is 35.5. The summed E-state index contributed by atoms with van der Waals surface area (Å²) < 4.78 is 4.42. The zero-order valence-corrected chi connectivity index (χ0v) is 17.9. The quantitative estimate of drug-likeness (QED) is 0.380. The molecule has 144 valence electrons. The Morgan fingerprint density at radius 2 is 1.76 bits per heavy atom. The summed E-state index contributed by atoms with van der Waals surface area (Å²) in [5, 5.41) is 1.16. The molecule has 5 aromatic rings. The van der Waals surface area contributed by atoms with Crippen LogP contribution in [-0.4, -0.2) is 14.0 Å². The zero-order chi connectivity index (χ0) is 20.3. The van der Waals surface area contributed by atoms with Gasteiger partial charge < -0.3 is 4.57 Å². The molecule has 4 nitrogen and oxygen atoms in total. The molecule has 0 bridgehead atoms. The number of rotatable bonds is 2. The number of aromatic nitrogens is 3. The van der Waals surface area contributed by atoms with E-state index in [1.165, 1.54) is 11.3 Å². The molecule has 0 spiro atoms. The minimum Gasteiger partial charge on any atom is -0.318 e. The molecule has 5 rings (SSSR count). The number of aryl methyl sites for hydroxylation is 1. The number of imidazole rings is 1. The van der Waals surface area contributed by atoms with Gasteiger partial charge in [0.2, 0.25) is 0 Å². The first kappa shape index (κ1) is 18.4. The van der Waals surface area contributed by atoms with Gasteiger partial charge in [0.05, 0.1) is 15.6 Å². The van der Waals surface area contributed by atoms with Gasteiger partial charge in [0.1, 0.15) is 0 Å². The third kappa shape index (κ3) is 2.97. The molecule has 0 saturated carbocycles. The molecular formula is C22H15Cl2N3OS. The number of benzene rings is 2. The molecule has 0 aliphatic rings. The highest BCUT2D eigenvalue weighted by Gasteiger charge is 2.13. The van der Waals surface area contributed by atoms with Gasteiger partial charge in [0.25, 0.3) is 5.56 Å². The fourth-order valence-corrected chi connectivity index (χ4v) is 5.24. The van der Waals surface area contributed by atoms with Crippen LogP contribution in [0.3, 0.4) is 0 Å². The van der Waals surface area contributed by atoms with Crippen molar-refractivity contribution < 1.29 is 0 Å². The average molecular weight is 440 g/mol. The Kier molecular flexibility index (Phi) is 4.28. The van der Waals surface area contributed by atoms with Gasteiger partial charge in [-0.25, -0.2) is 9.38 Å². The Bertz CT molecular complexity index is 1510. The molecule has 0 radical (unpaired) electrons. The molecule has 0 N–H and O–H groups in total. The largest absolute Gasteiger partial charge is 0.318 e. The highest BCUT2D eigenvalue weighted by Crippen LogP contribution is 2.27. The van der Waals surface area contributed by atoms with Gasteiger partial charge in [-0.2, -0.15) is 0 Å². The predicted octanol–water partition coefficient (Wildman–Crippen LogP) is 5.17. The number of hydrogen-bond acceptors (Lipinski definition) is 3. The van der Waals surface area contributed by atoms with Gasteiger partial charge in [-0.1, -0.05) is 46.7 Å². The van der Waals surface area contributed by atoms with Gasteiger partial charge in [-0.3, -0.25) is 4.79 Å². The van der Waals surface area contributed by atoms with Crippen LogP contribution in [0.2, 0.25) is 10.0 Å². The molecular weight excluding hydrogens is 425 g/mol. The summed E-state index contributed by atoms with van der Waals surface area (Å²) in [5.41, 5.74) is 5.54. The van der Waals surface area contributed by atoms with Crippen LogP contribution in [0, 0.1) is 13.8 Å². The van der Waals surface area contributed by atoms with Gasteiger partial charge in [0.15, 0.2) is 4.96 Å². The third-order valence-corrected chi connectivity index (χ3v) is 6.41. The summed E-state index contributed by atoms with van der Waals surface area (Å²) >= 11 is 13.8. The molecule has 0 amide bonds. The number of nitrogens with zero attached hydrogens (tertiary/aromatic N) is 3. The van der Waals surface area contributed by atoms with Crippen molar-refractivity contribution in [2.75, 3.05) is 0 Å². The van der Waals surface area contributed by atoms with Crippen molar-refractivity contribution >= 4 is 56.6 Å². The van der Waals surface area contributed by atoms with E-state index in [9.17, 15) is 4.79 Å². The Morgan fingerprint density at radius 1 is 1.03 bits per heavy atom. The molecule has 0 unspecified atom stereocenters. The second-order valence-electron chi connectivity index (χ2n) is 6.92. The monoisotopic (exact) mass is 439 g/mol. The van der Waals surface area contributed by atoms with Gasteiger partial charge in [0, 0.05) is 27.1 Å². The summed E-state index contributed by atoms with van der Waals surface area (Å²) in [6, 6.07) is 15.2. The SMILES string of the molecule is Cc1cc(C=c2sc3nc4ccccc4n3c2=O)c(C)n1-c1cc(Cl)cc(Cl)c1. The van der Waals surface area contributed by atoms with Gasteiger partial charge in [-0.15, -0.1) is 0 Å². The summed E-state index contributed by atoms with van der Waals surface area (Å²) in [7, 11) is 0. The fraction of sp³-hybridized carbons (Fsp3) is 0.0909. The molecule has 3 heterocycles. The first-order valence-electron chi connectivity index (χ1n) is 8.99. The Morgan fingerprint density at radius 3 is 2.52 bits per heavy atom. The Labute approximate surface area is 180 Å². The Hall–Kier alpha value is -2.60. The van der Waals surface area contributed by atoms with E-state index in [0.717, 1.165) is 33.7 Å². The van der Waals surface area contributed by atoms with Crippen LogP contribution in [-0.2, 0) is 0 Å². The standard InChI is InChI=1S/C22H15Cl2N3OS/c1-12-7-14(13(2)26(12)17-10-15(23)9-16(24)11-17)8-20-21(28)27-19-6-4-3-5-18(19)25-22(27)29-20/h3-11H,1-2H3. The molecule has 0 fully saturated rings. The van der Waals surface area contributed by atoms with Crippen molar-refractivity contribution in [1.29, 1.82) is 0 Å². The van der Waals surface area contributed by atoms with E-state index in [4.69, 9.17) is 23.2 Å². The maximum absolute atomic E-state index is 13.0. The predicted molar refractivity (Wildman–Crippen MR) is 121 cm³/mol. The number of fused-ring (bicyclic) bond motifs is 3. The lowest BCUT2D eigenvalue weighted by atomic mass is 10.2. The molecule has 0 aliphatic carbocycles. The maximum Gasteiger partial charge on any atom is 0.274 e. The van der Waals surface area contributed by atoms with Crippen LogP contribution in [0.25, 0.3) is 27.8 Å². The van der Waals surface area contributed by atoms with E-state index in [0.29, 0.717) is 19.5 Å². The second-order valence-corrected chi connectivity index (χ2v) is 8.81. The first-order valence-corrected chi connectivity index (χ1v) is 10.6. The van der Waals surface area contributed by atoms with Crippen molar-refractivity contribution in [3.05, 3.63) is 90.4 Å². The summed E-state index contributed by atoms with van der Waals surface area (Å²) in [5.74, 6) is 0. The van der Waals surface area contributed by atoms with Crippen LogP contribution >= 0.6 is 34.5 Å². The number of halogens is 2. The summed E-state index contributed by atoms with van der Waals surface area (Å²) in [6.45, 7) is 4.04. The number of hydrogen-bond donors (Lipinski definition) is 0. The van der Waals surface area contributed by atoms with Crippen LogP contribution in [0.1, 0.15) is 17.0 Å². The lowest BCUT2D eigenvalue weighted by molar-refractivity contribution is 0.964. The van der Waals surface area contributed by atoms with E-state index in [2.05, 4.69) is 15.6 Å². The van der Waals surface area contributed by atoms with Crippen molar-refractivity contribution in [3.63, 3.8) is 0 Å². The van der Waals surface area contributed by atoms with E-state index in [1.54, 1.807) is 10.5 Å². The van der Waals surface area contributed by atoms with Crippen LogP contribution in [0.5, 0.6) is 0 Å². The van der Waals surface area contributed by atoms with Crippen molar-refractivity contribution in [2.24, 2.45) is 0 Å². The van der Waals surface area contributed by atoms with E-state index in [-0.39, 0.29) is 5.56 Å². The molecule has 29 heavy (non-hydrogen) atoms. The number of thiazole rings is 1. The topological polar surface area (TPSA) is 39.3 Å². The summed E-state index contributed by atoms with van der Waals surface area (Å²) in [6.07, 6.45) is 1.93. The van der Waals surface area contributed by atoms with Crippen LogP contribution in [0.4, 0.5) is 0 Å². The minimum absolute atomic E-state index is 0.0469. The normalized spacial score (nSPS) is 12.5. The van der Waals surface area contributed by atoms with Gasteiger partial charge >= 0.3 is 0 Å². The molecule has 2 aromatic carbocycles. The minimum atomic E-state index is -0.0469. The lowest BCUT2D eigenvalue weighted by Crippen LogP contribution is -2.22. The van der Waals surface area contributed by atoms with Crippen LogP contribution < -0.4 is 10.1 Å². The molecule has 0 saturated heterocycles. The molecule has 7 heteroatoms. The van der Waals surface area contributed by atoms with E-state index >= 15 is 0 Å². The van der Waals surface area contributed by atoms with Crippen molar-refractivity contribution in [2.45, 2.75) is 13.8 Å². The molecule has 0 aliphatic heterocycles. The maximum atomic E-state index is 13.0. The number of para-hydroxylation sites is 2. The first-order chi connectivity index (χ1) is 13.9. The average Bonchev–Trinajstić information content (AvgIpc) is 3.26. The smallest absolute Gasteiger partial charge is 0.274 e. The van der Waals surface area contributed by atoms with Crippen molar-refractivity contribution in [3.8, 4) is 5.69 Å². The third-order valence-electron chi connectivity index (χ3n) is 5.01. The van der Waals surface area contributed by atoms with E-state index < -0.39 is 0 Å². The zero-order valence-electron chi connectivity index (χ0n) is 15.6. The van der Waals surface area contributed by atoms with Crippen molar-refractivity contribution in [1.82, 2.24) is 14.0 Å². The summed E-state index contributed by atoms with van der Waals surface area (Å²) in [4.78, 5) is 18.3.